The van der Waals surface area contributed by atoms with Gasteiger partial charge in [0.2, 0.25) is 0 Å². The number of halogens is 2. The third-order valence-corrected chi connectivity index (χ3v) is 6.75. The van der Waals surface area contributed by atoms with Gasteiger partial charge in [0.05, 0.1) is 5.69 Å². The topological polar surface area (TPSA) is 24.4 Å². The van der Waals surface area contributed by atoms with Gasteiger partial charge in [-0.05, 0) is 42.7 Å². The summed E-state index contributed by atoms with van der Waals surface area (Å²) in [7, 11) is 0. The highest BCUT2D eigenvalue weighted by Gasteiger charge is 2.17. The molecule has 0 saturated heterocycles. The lowest BCUT2D eigenvalue weighted by Gasteiger charge is -2.12. The van der Waals surface area contributed by atoms with Gasteiger partial charge in [0.25, 0.3) is 0 Å². The summed E-state index contributed by atoms with van der Waals surface area (Å²) in [6.07, 6.45) is 9.15. The molecule has 0 spiro atoms. The van der Waals surface area contributed by atoms with E-state index in [1.165, 1.54) is 44.1 Å². The highest BCUT2D eigenvalue weighted by molar-refractivity contribution is 9.10. The molecule has 1 heterocycles. The Labute approximate surface area is 202 Å². The molecule has 31 heavy (non-hydrogen) atoms. The Kier molecular flexibility index (Phi) is 7.62. The monoisotopic (exact) mass is 538 g/mol. The third kappa shape index (κ3) is 5.67. The van der Waals surface area contributed by atoms with E-state index in [0.29, 0.717) is 0 Å². The SMILES string of the molecule is CCCCCCCCc1ccc(C2=Nc3cc(Br)ccc3-c3ccc(Br)cc3N2)cc1. The molecule has 4 heteroatoms. The summed E-state index contributed by atoms with van der Waals surface area (Å²) in [6.45, 7) is 2.27. The zero-order valence-electron chi connectivity index (χ0n) is 17.9. The Balaban J connectivity index is 1.55. The van der Waals surface area contributed by atoms with E-state index in [1.807, 2.05) is 0 Å². The summed E-state index contributed by atoms with van der Waals surface area (Å²) in [6, 6.07) is 21.5. The van der Waals surface area contributed by atoms with Crippen molar-refractivity contribution in [3.05, 3.63) is 80.7 Å². The fourth-order valence-electron chi connectivity index (χ4n) is 4.03. The molecule has 1 aliphatic heterocycles. The highest BCUT2D eigenvalue weighted by Crippen LogP contribution is 2.40. The van der Waals surface area contributed by atoms with Crippen molar-refractivity contribution in [3.63, 3.8) is 0 Å². The molecule has 3 aromatic rings. The van der Waals surface area contributed by atoms with Crippen LogP contribution in [0.15, 0.2) is 74.6 Å². The second kappa shape index (κ2) is 10.6. The van der Waals surface area contributed by atoms with Gasteiger partial charge in [-0.1, -0.05) is 107 Å². The number of rotatable bonds is 8. The lowest BCUT2D eigenvalue weighted by molar-refractivity contribution is 0.607. The highest BCUT2D eigenvalue weighted by atomic mass is 79.9. The van der Waals surface area contributed by atoms with Gasteiger partial charge in [0.15, 0.2) is 0 Å². The van der Waals surface area contributed by atoms with Crippen molar-refractivity contribution < 1.29 is 0 Å². The van der Waals surface area contributed by atoms with Crippen molar-refractivity contribution in [1.29, 1.82) is 0 Å². The van der Waals surface area contributed by atoms with Crippen molar-refractivity contribution in [2.45, 2.75) is 51.9 Å². The number of aliphatic imine (C=N–C) groups is 1. The summed E-state index contributed by atoms with van der Waals surface area (Å²) < 4.78 is 2.08. The maximum absolute atomic E-state index is 5.01. The Morgan fingerprint density at radius 3 is 2.19 bits per heavy atom. The number of nitrogens with one attached hydrogen (secondary N) is 1. The first-order valence-corrected chi connectivity index (χ1v) is 12.8. The lowest BCUT2D eigenvalue weighted by atomic mass is 10.0. The number of benzene rings is 3. The molecular formula is C27H28Br2N2. The normalized spacial score (nSPS) is 12.4. The number of hydrogen-bond acceptors (Lipinski definition) is 2. The summed E-state index contributed by atoms with van der Waals surface area (Å²) >= 11 is 7.21. The summed E-state index contributed by atoms with van der Waals surface area (Å²) in [4.78, 5) is 5.01. The van der Waals surface area contributed by atoms with Crippen LogP contribution in [0.4, 0.5) is 11.4 Å². The predicted octanol–water partition coefficient (Wildman–Crippen LogP) is 9.29. The maximum atomic E-state index is 5.01. The van der Waals surface area contributed by atoms with Crippen molar-refractivity contribution in [2.24, 2.45) is 4.99 Å². The van der Waals surface area contributed by atoms with E-state index in [1.54, 1.807) is 0 Å². The smallest absolute Gasteiger partial charge is 0.138 e. The molecule has 0 aromatic heterocycles. The van der Waals surface area contributed by atoms with Gasteiger partial charge in [0, 0.05) is 31.3 Å². The van der Waals surface area contributed by atoms with Gasteiger partial charge < -0.3 is 5.32 Å². The van der Waals surface area contributed by atoms with Crippen LogP contribution in [0, 0.1) is 0 Å². The average Bonchev–Trinajstić information content (AvgIpc) is 2.92. The van der Waals surface area contributed by atoms with Crippen LogP contribution in [0.2, 0.25) is 0 Å². The molecule has 160 valence electrons. The standard InChI is InChI=1S/C27H28Br2N2/c1-2-3-4-5-6-7-8-19-9-11-20(12-10-19)27-30-25-17-21(28)13-15-23(25)24-16-14-22(29)18-26(24)31-27/h9-18H,2-8H2,1H3,(H,30,31). The molecule has 0 aliphatic carbocycles. The van der Waals surface area contributed by atoms with Crippen LogP contribution < -0.4 is 5.32 Å². The molecule has 1 N–H and O–H groups in total. The molecule has 1 aliphatic rings. The molecule has 0 amide bonds. The van der Waals surface area contributed by atoms with Crippen LogP contribution >= 0.6 is 31.9 Å². The fourth-order valence-corrected chi connectivity index (χ4v) is 4.74. The lowest BCUT2D eigenvalue weighted by Crippen LogP contribution is -2.13. The van der Waals surface area contributed by atoms with E-state index in [0.717, 1.165) is 49.3 Å². The Hall–Kier alpha value is -1.91. The largest absolute Gasteiger partial charge is 0.339 e. The number of anilines is 1. The third-order valence-electron chi connectivity index (χ3n) is 5.76. The molecule has 0 radical (unpaired) electrons. The minimum atomic E-state index is 0.877. The molecule has 4 rings (SSSR count). The maximum Gasteiger partial charge on any atom is 0.138 e. The van der Waals surface area contributed by atoms with Crippen molar-refractivity contribution >= 4 is 49.1 Å². The average molecular weight is 540 g/mol. The van der Waals surface area contributed by atoms with E-state index in [9.17, 15) is 0 Å². The van der Waals surface area contributed by atoms with E-state index < -0.39 is 0 Å². The van der Waals surface area contributed by atoms with Crippen molar-refractivity contribution in [1.82, 2.24) is 0 Å². The number of unbranched alkanes of at least 4 members (excludes halogenated alkanes) is 5. The Morgan fingerprint density at radius 1 is 0.742 bits per heavy atom. The molecule has 0 unspecified atom stereocenters. The predicted molar refractivity (Wildman–Crippen MR) is 141 cm³/mol. The molecular weight excluding hydrogens is 512 g/mol. The van der Waals surface area contributed by atoms with E-state index >= 15 is 0 Å². The van der Waals surface area contributed by atoms with Crippen LogP contribution in [-0.4, -0.2) is 5.84 Å². The molecule has 0 fully saturated rings. The fraction of sp³-hybridized carbons (Fsp3) is 0.296. The van der Waals surface area contributed by atoms with E-state index in [2.05, 4.69) is 105 Å². The first-order chi connectivity index (χ1) is 15.1. The second-order valence-corrected chi connectivity index (χ2v) is 9.98. The number of fused-ring (bicyclic) bond motifs is 3. The zero-order valence-corrected chi connectivity index (χ0v) is 21.1. The summed E-state index contributed by atoms with van der Waals surface area (Å²) in [5, 5.41) is 3.58. The number of aryl methyl sites for hydroxylation is 1. The van der Waals surface area contributed by atoms with Crippen LogP contribution in [0.25, 0.3) is 11.1 Å². The van der Waals surface area contributed by atoms with Crippen LogP contribution in [0.5, 0.6) is 0 Å². The van der Waals surface area contributed by atoms with Crippen LogP contribution in [-0.2, 0) is 6.42 Å². The second-order valence-electron chi connectivity index (χ2n) is 8.15. The quantitative estimate of drug-likeness (QED) is 0.283. The van der Waals surface area contributed by atoms with Gasteiger partial charge in [-0.15, -0.1) is 0 Å². The number of amidine groups is 1. The molecule has 3 aromatic carbocycles. The van der Waals surface area contributed by atoms with Crippen LogP contribution in [0.1, 0.15) is 56.6 Å². The van der Waals surface area contributed by atoms with Gasteiger partial charge in [-0.3, -0.25) is 0 Å². The Bertz CT molecular complexity index is 1070. The molecule has 2 nitrogen and oxygen atoms in total. The van der Waals surface area contributed by atoms with Gasteiger partial charge in [0.1, 0.15) is 5.84 Å². The Morgan fingerprint density at radius 2 is 1.42 bits per heavy atom. The number of hydrogen-bond donors (Lipinski definition) is 1. The molecule has 0 saturated carbocycles. The van der Waals surface area contributed by atoms with Crippen molar-refractivity contribution in [3.8, 4) is 11.1 Å². The molecule has 0 bridgehead atoms. The minimum Gasteiger partial charge on any atom is -0.339 e. The van der Waals surface area contributed by atoms with Gasteiger partial charge >= 0.3 is 0 Å². The van der Waals surface area contributed by atoms with Gasteiger partial charge in [-0.25, -0.2) is 4.99 Å². The van der Waals surface area contributed by atoms with E-state index in [4.69, 9.17) is 4.99 Å². The number of nitrogens with zero attached hydrogens (tertiary/aromatic N) is 1. The summed E-state index contributed by atoms with van der Waals surface area (Å²) in [5.74, 6) is 0.877. The molecule has 0 atom stereocenters. The van der Waals surface area contributed by atoms with Crippen molar-refractivity contribution in [2.75, 3.05) is 5.32 Å². The first-order valence-electron chi connectivity index (χ1n) is 11.2. The summed E-state index contributed by atoms with van der Waals surface area (Å²) in [5.41, 5.74) is 6.82. The van der Waals surface area contributed by atoms with E-state index in [-0.39, 0.29) is 0 Å². The minimum absolute atomic E-state index is 0.877. The first kappa shape index (κ1) is 22.3. The van der Waals surface area contributed by atoms with Gasteiger partial charge in [-0.2, -0.15) is 0 Å². The zero-order chi connectivity index (χ0) is 21.6. The van der Waals surface area contributed by atoms with Crippen LogP contribution in [0.3, 0.4) is 0 Å².